The Labute approximate surface area is 173 Å². The van der Waals surface area contributed by atoms with Crippen molar-refractivity contribution in [1.82, 2.24) is 9.62 Å². The minimum atomic E-state index is -3.52. The average molecular weight is 445 g/mol. The number of hydrogen-bond acceptors (Lipinski definition) is 4. The third kappa shape index (κ3) is 4.92. The van der Waals surface area contributed by atoms with Crippen molar-refractivity contribution in [3.8, 4) is 0 Å². The predicted molar refractivity (Wildman–Crippen MR) is 108 cm³/mol. The van der Waals surface area contributed by atoms with Gasteiger partial charge in [-0.05, 0) is 48.6 Å². The average Bonchev–Trinajstić information content (AvgIpc) is 3.14. The molecular formula is C19H22ClFN2O3S2. The van der Waals surface area contributed by atoms with Crippen molar-refractivity contribution in [1.29, 1.82) is 0 Å². The van der Waals surface area contributed by atoms with Crippen molar-refractivity contribution in [3.05, 3.63) is 52.1 Å². The minimum absolute atomic E-state index is 0.0735. The second-order valence-corrected chi connectivity index (χ2v) is 10.8. The summed E-state index contributed by atoms with van der Waals surface area (Å²) in [5.41, 5.74) is 0.831. The van der Waals surface area contributed by atoms with Crippen LogP contribution in [-0.2, 0) is 21.4 Å². The number of sulfonamides is 1. The van der Waals surface area contributed by atoms with Gasteiger partial charge in [0.15, 0.2) is 0 Å². The molecule has 9 heteroatoms. The van der Waals surface area contributed by atoms with Crippen molar-refractivity contribution in [3.63, 3.8) is 0 Å². The normalized spacial score (nSPS) is 17.4. The molecule has 1 N–H and O–H groups in total. The number of amides is 1. The van der Waals surface area contributed by atoms with Gasteiger partial charge >= 0.3 is 0 Å². The number of carbonyl (C=O) groups is 1. The van der Waals surface area contributed by atoms with E-state index >= 15 is 0 Å². The van der Waals surface area contributed by atoms with E-state index in [9.17, 15) is 17.6 Å². The van der Waals surface area contributed by atoms with Gasteiger partial charge in [-0.15, -0.1) is 11.3 Å². The zero-order chi connectivity index (χ0) is 20.3. The van der Waals surface area contributed by atoms with Crippen molar-refractivity contribution < 1.29 is 17.6 Å². The van der Waals surface area contributed by atoms with Gasteiger partial charge in [0.05, 0.1) is 4.34 Å². The van der Waals surface area contributed by atoms with E-state index in [1.807, 2.05) is 6.92 Å². The molecule has 0 spiro atoms. The summed E-state index contributed by atoms with van der Waals surface area (Å²) >= 11 is 6.91. The number of halogens is 2. The summed E-state index contributed by atoms with van der Waals surface area (Å²) < 4.78 is 40.4. The molecule has 2 heterocycles. The summed E-state index contributed by atoms with van der Waals surface area (Å²) in [7, 11) is -3.52. The summed E-state index contributed by atoms with van der Waals surface area (Å²) in [5, 5.41) is 2.88. The first-order valence-corrected chi connectivity index (χ1v) is 11.7. The quantitative estimate of drug-likeness (QED) is 0.734. The van der Waals surface area contributed by atoms with E-state index in [-0.39, 0.29) is 27.8 Å². The zero-order valence-corrected chi connectivity index (χ0v) is 17.8. The smallest absolute Gasteiger partial charge is 0.252 e. The zero-order valence-electron chi connectivity index (χ0n) is 15.4. The standard InChI is InChI=1S/C19H22ClFN2O3S2/c1-13(19(24)22-12-14-2-4-16(21)5-3-14)15-8-10-23(11-9-15)28(25,26)18-7-6-17(20)27-18/h2-7,13,15H,8-12H2,1H3,(H,22,24)/t13-/m1/s1. The molecule has 2 aromatic rings. The third-order valence-electron chi connectivity index (χ3n) is 5.14. The van der Waals surface area contributed by atoms with Crippen molar-refractivity contribution in [2.24, 2.45) is 11.8 Å². The first-order valence-electron chi connectivity index (χ1n) is 9.05. The molecule has 1 aromatic heterocycles. The molecular weight excluding hydrogens is 423 g/mol. The molecule has 28 heavy (non-hydrogen) atoms. The first-order chi connectivity index (χ1) is 13.3. The molecule has 3 rings (SSSR count). The number of benzene rings is 1. The Balaban J connectivity index is 1.52. The van der Waals surface area contributed by atoms with Gasteiger partial charge in [-0.1, -0.05) is 30.7 Å². The number of rotatable bonds is 6. The van der Waals surface area contributed by atoms with Gasteiger partial charge in [0, 0.05) is 25.6 Å². The van der Waals surface area contributed by atoms with Gasteiger partial charge in [0.25, 0.3) is 10.0 Å². The van der Waals surface area contributed by atoms with Gasteiger partial charge in [-0.3, -0.25) is 4.79 Å². The minimum Gasteiger partial charge on any atom is -0.352 e. The SMILES string of the molecule is C[C@@H](C(=O)NCc1ccc(F)cc1)C1CCN(S(=O)(=O)c2ccc(Cl)s2)CC1. The van der Waals surface area contributed by atoms with Gasteiger partial charge in [-0.25, -0.2) is 12.8 Å². The molecule has 1 amide bonds. The van der Waals surface area contributed by atoms with Crippen LogP contribution in [0.4, 0.5) is 4.39 Å². The third-order valence-corrected chi connectivity index (χ3v) is 8.74. The molecule has 1 aromatic carbocycles. The number of carbonyl (C=O) groups excluding carboxylic acids is 1. The first kappa shape index (κ1) is 21.2. The van der Waals surface area contributed by atoms with Crippen LogP contribution in [0.15, 0.2) is 40.6 Å². The molecule has 1 saturated heterocycles. The van der Waals surface area contributed by atoms with E-state index < -0.39 is 10.0 Å². The Morgan fingerprint density at radius 2 is 1.89 bits per heavy atom. The molecule has 0 radical (unpaired) electrons. The van der Waals surface area contributed by atoms with Crippen LogP contribution in [0.1, 0.15) is 25.3 Å². The van der Waals surface area contributed by atoms with Crippen LogP contribution in [0.3, 0.4) is 0 Å². The maximum atomic E-state index is 12.9. The van der Waals surface area contributed by atoms with E-state index in [1.165, 1.54) is 22.5 Å². The van der Waals surface area contributed by atoms with Gasteiger partial charge in [0.1, 0.15) is 10.0 Å². The summed E-state index contributed by atoms with van der Waals surface area (Å²) in [4.78, 5) is 12.5. The Kier molecular flexibility index (Phi) is 6.75. The molecule has 0 bridgehead atoms. The number of thiophene rings is 1. The van der Waals surface area contributed by atoms with Crippen molar-refractivity contribution >= 4 is 38.9 Å². The molecule has 0 saturated carbocycles. The van der Waals surface area contributed by atoms with E-state index in [0.717, 1.165) is 16.9 Å². The van der Waals surface area contributed by atoms with E-state index in [2.05, 4.69) is 5.32 Å². The highest BCUT2D eigenvalue weighted by atomic mass is 35.5. The van der Waals surface area contributed by atoms with E-state index in [1.54, 1.807) is 18.2 Å². The highest BCUT2D eigenvalue weighted by Gasteiger charge is 2.34. The maximum absolute atomic E-state index is 12.9. The lowest BCUT2D eigenvalue weighted by molar-refractivity contribution is -0.126. The van der Waals surface area contributed by atoms with Crippen LogP contribution in [-0.4, -0.2) is 31.7 Å². The molecule has 5 nitrogen and oxygen atoms in total. The molecule has 1 aliphatic rings. The Bertz CT molecular complexity index is 923. The molecule has 1 fully saturated rings. The predicted octanol–water partition coefficient (Wildman–Crippen LogP) is 3.89. The number of hydrogen-bond donors (Lipinski definition) is 1. The molecule has 0 unspecified atom stereocenters. The van der Waals surface area contributed by atoms with Gasteiger partial charge in [0.2, 0.25) is 5.91 Å². The second-order valence-electron chi connectivity index (χ2n) is 6.93. The van der Waals surface area contributed by atoms with Crippen molar-refractivity contribution in [2.45, 2.75) is 30.5 Å². The molecule has 0 aliphatic carbocycles. The van der Waals surface area contributed by atoms with Crippen LogP contribution >= 0.6 is 22.9 Å². The van der Waals surface area contributed by atoms with E-state index in [4.69, 9.17) is 11.6 Å². The second kappa shape index (κ2) is 8.90. The fourth-order valence-corrected chi connectivity index (χ4v) is 6.45. The summed E-state index contributed by atoms with van der Waals surface area (Å²) in [5.74, 6) is -0.487. The Hall–Kier alpha value is -1.48. The largest absolute Gasteiger partial charge is 0.352 e. The number of piperidine rings is 1. The van der Waals surface area contributed by atoms with Gasteiger partial charge in [-0.2, -0.15) is 4.31 Å². The number of nitrogens with one attached hydrogen (secondary N) is 1. The summed E-state index contributed by atoms with van der Waals surface area (Å²) in [6, 6.07) is 9.12. The highest BCUT2D eigenvalue weighted by Crippen LogP contribution is 2.32. The maximum Gasteiger partial charge on any atom is 0.252 e. The molecule has 1 aliphatic heterocycles. The Morgan fingerprint density at radius 3 is 2.46 bits per heavy atom. The lowest BCUT2D eigenvalue weighted by Crippen LogP contribution is -2.42. The van der Waals surface area contributed by atoms with Crippen LogP contribution < -0.4 is 5.32 Å². The Morgan fingerprint density at radius 1 is 1.25 bits per heavy atom. The van der Waals surface area contributed by atoms with Crippen LogP contribution in [0.5, 0.6) is 0 Å². The van der Waals surface area contributed by atoms with Crippen LogP contribution in [0, 0.1) is 17.7 Å². The molecule has 1 atom stereocenters. The lowest BCUT2D eigenvalue weighted by Gasteiger charge is -2.33. The fraction of sp³-hybridized carbons (Fsp3) is 0.421. The lowest BCUT2D eigenvalue weighted by atomic mass is 9.85. The van der Waals surface area contributed by atoms with Crippen LogP contribution in [0.25, 0.3) is 0 Å². The van der Waals surface area contributed by atoms with Gasteiger partial charge < -0.3 is 5.32 Å². The van der Waals surface area contributed by atoms with E-state index in [0.29, 0.717) is 36.8 Å². The topological polar surface area (TPSA) is 66.5 Å². The fourth-order valence-electron chi connectivity index (χ4n) is 3.35. The number of nitrogens with zero attached hydrogens (tertiary/aromatic N) is 1. The molecule has 152 valence electrons. The van der Waals surface area contributed by atoms with Crippen LogP contribution in [0.2, 0.25) is 4.34 Å². The van der Waals surface area contributed by atoms with Crippen molar-refractivity contribution in [2.75, 3.05) is 13.1 Å². The highest BCUT2D eigenvalue weighted by molar-refractivity contribution is 7.91. The monoisotopic (exact) mass is 444 g/mol. The summed E-state index contributed by atoms with van der Waals surface area (Å²) in [6.45, 7) is 2.99. The summed E-state index contributed by atoms with van der Waals surface area (Å²) in [6.07, 6.45) is 1.26.